The first kappa shape index (κ1) is 19.0. The lowest BCUT2D eigenvalue weighted by Crippen LogP contribution is -2.41. The zero-order chi connectivity index (χ0) is 18.4. The van der Waals surface area contributed by atoms with Crippen molar-refractivity contribution in [3.05, 3.63) is 46.7 Å². The summed E-state index contributed by atoms with van der Waals surface area (Å²) in [6.07, 6.45) is 0. The number of hydrogen-bond donors (Lipinski definition) is 1. The van der Waals surface area contributed by atoms with E-state index in [1.165, 1.54) is 40.5 Å². The van der Waals surface area contributed by atoms with Crippen molar-refractivity contribution in [2.75, 3.05) is 39.0 Å². The molecule has 0 bridgehead atoms. The van der Waals surface area contributed by atoms with Crippen LogP contribution in [0.15, 0.2) is 29.6 Å². The van der Waals surface area contributed by atoms with Crippen molar-refractivity contribution in [1.29, 1.82) is 0 Å². The predicted octanol–water partition coefficient (Wildman–Crippen LogP) is 2.23. The summed E-state index contributed by atoms with van der Waals surface area (Å²) >= 11 is 1.33. The Labute approximate surface area is 150 Å². The molecule has 2 amide bonds. The molecule has 2 aromatic rings. The fourth-order valence-corrected chi connectivity index (χ4v) is 2.83. The number of likely N-dealkylation sites (N-methyl/N-ethyl adjacent to an activating group) is 1. The number of halogens is 1. The molecule has 25 heavy (non-hydrogen) atoms. The molecule has 1 aromatic carbocycles. The number of amides is 2. The van der Waals surface area contributed by atoms with E-state index < -0.39 is 5.82 Å². The standard InChI is InChI=1S/C17H21FN4O2S/c1-12-11-25-17(19-12)20-15(23)10-22(8-7-21(2)3)16(24)13-5-4-6-14(18)9-13/h4-6,9,11H,7-8,10H2,1-3H3,(H,19,20,23). The Morgan fingerprint density at radius 3 is 2.64 bits per heavy atom. The minimum Gasteiger partial charge on any atom is -0.328 e. The molecule has 0 saturated carbocycles. The largest absolute Gasteiger partial charge is 0.328 e. The van der Waals surface area contributed by atoms with Crippen molar-refractivity contribution >= 4 is 28.3 Å². The van der Waals surface area contributed by atoms with E-state index >= 15 is 0 Å². The summed E-state index contributed by atoms with van der Waals surface area (Å²) in [6.45, 7) is 2.65. The average molecular weight is 364 g/mol. The van der Waals surface area contributed by atoms with E-state index in [1.807, 2.05) is 31.3 Å². The molecule has 1 heterocycles. The van der Waals surface area contributed by atoms with Crippen LogP contribution in [0.3, 0.4) is 0 Å². The predicted molar refractivity (Wildman–Crippen MR) is 96.3 cm³/mol. The van der Waals surface area contributed by atoms with E-state index in [0.29, 0.717) is 18.2 Å². The molecule has 2 rings (SSSR count). The Morgan fingerprint density at radius 2 is 2.04 bits per heavy atom. The van der Waals surface area contributed by atoms with Crippen molar-refractivity contribution in [2.24, 2.45) is 0 Å². The van der Waals surface area contributed by atoms with Gasteiger partial charge in [0.25, 0.3) is 5.91 Å². The number of aryl methyl sites for hydroxylation is 1. The molecule has 0 spiro atoms. The summed E-state index contributed by atoms with van der Waals surface area (Å²) in [6, 6.07) is 5.47. The molecule has 0 radical (unpaired) electrons. The first-order valence-electron chi connectivity index (χ1n) is 7.76. The fourth-order valence-electron chi connectivity index (χ4n) is 2.12. The van der Waals surface area contributed by atoms with Crippen molar-refractivity contribution in [3.63, 3.8) is 0 Å². The number of nitrogens with one attached hydrogen (secondary N) is 1. The molecule has 8 heteroatoms. The van der Waals surface area contributed by atoms with Gasteiger partial charge in [0.1, 0.15) is 12.4 Å². The topological polar surface area (TPSA) is 65.5 Å². The first-order chi connectivity index (χ1) is 11.8. The Hall–Kier alpha value is -2.32. The minimum absolute atomic E-state index is 0.123. The maximum Gasteiger partial charge on any atom is 0.254 e. The number of nitrogens with zero attached hydrogens (tertiary/aromatic N) is 3. The van der Waals surface area contributed by atoms with Gasteiger partial charge in [-0.3, -0.25) is 9.59 Å². The van der Waals surface area contributed by atoms with Crippen molar-refractivity contribution in [2.45, 2.75) is 6.92 Å². The van der Waals surface area contributed by atoms with Gasteiger partial charge in [0.2, 0.25) is 5.91 Å². The van der Waals surface area contributed by atoms with Gasteiger partial charge in [-0.25, -0.2) is 9.37 Å². The zero-order valence-electron chi connectivity index (χ0n) is 14.5. The van der Waals surface area contributed by atoms with Gasteiger partial charge in [0, 0.05) is 24.0 Å². The molecular formula is C17H21FN4O2S. The highest BCUT2D eigenvalue weighted by Crippen LogP contribution is 2.14. The van der Waals surface area contributed by atoms with Gasteiger partial charge in [-0.2, -0.15) is 0 Å². The molecule has 0 atom stereocenters. The molecule has 0 aliphatic rings. The monoisotopic (exact) mass is 364 g/mol. The number of benzene rings is 1. The van der Waals surface area contributed by atoms with Crippen LogP contribution in [-0.4, -0.2) is 60.3 Å². The van der Waals surface area contributed by atoms with Gasteiger partial charge >= 0.3 is 0 Å². The van der Waals surface area contributed by atoms with E-state index in [2.05, 4.69) is 10.3 Å². The zero-order valence-corrected chi connectivity index (χ0v) is 15.3. The lowest BCUT2D eigenvalue weighted by molar-refractivity contribution is -0.116. The first-order valence-corrected chi connectivity index (χ1v) is 8.64. The molecule has 0 fully saturated rings. The fraction of sp³-hybridized carbons (Fsp3) is 0.353. The molecule has 1 aromatic heterocycles. The number of rotatable bonds is 7. The Bertz CT molecular complexity index is 748. The van der Waals surface area contributed by atoms with E-state index in [9.17, 15) is 14.0 Å². The normalized spacial score (nSPS) is 10.8. The molecule has 1 N–H and O–H groups in total. The third kappa shape index (κ3) is 5.91. The van der Waals surface area contributed by atoms with Crippen LogP contribution in [0.2, 0.25) is 0 Å². The third-order valence-corrected chi connectivity index (χ3v) is 4.25. The number of carbonyl (C=O) groups excluding carboxylic acids is 2. The number of anilines is 1. The van der Waals surface area contributed by atoms with E-state index in [-0.39, 0.29) is 23.9 Å². The van der Waals surface area contributed by atoms with Crippen LogP contribution in [0.1, 0.15) is 16.1 Å². The van der Waals surface area contributed by atoms with Crippen LogP contribution < -0.4 is 5.32 Å². The maximum atomic E-state index is 13.4. The van der Waals surface area contributed by atoms with E-state index in [4.69, 9.17) is 0 Å². The Balaban J connectivity index is 2.08. The van der Waals surface area contributed by atoms with Crippen LogP contribution >= 0.6 is 11.3 Å². The van der Waals surface area contributed by atoms with Crippen LogP contribution in [0.25, 0.3) is 0 Å². The number of aromatic nitrogens is 1. The van der Waals surface area contributed by atoms with Crippen LogP contribution in [0.5, 0.6) is 0 Å². The summed E-state index contributed by atoms with van der Waals surface area (Å²) in [5.41, 5.74) is 1.04. The van der Waals surface area contributed by atoms with Crippen molar-refractivity contribution in [3.8, 4) is 0 Å². The summed E-state index contributed by atoms with van der Waals surface area (Å²) < 4.78 is 13.4. The summed E-state index contributed by atoms with van der Waals surface area (Å²) in [4.78, 5) is 32.4. The highest BCUT2D eigenvalue weighted by Gasteiger charge is 2.20. The van der Waals surface area contributed by atoms with Gasteiger partial charge in [0.15, 0.2) is 5.13 Å². The van der Waals surface area contributed by atoms with Crippen molar-refractivity contribution < 1.29 is 14.0 Å². The molecule has 0 saturated heterocycles. The summed E-state index contributed by atoms with van der Waals surface area (Å²) in [7, 11) is 3.76. The van der Waals surface area contributed by atoms with Gasteiger partial charge in [0.05, 0.1) is 5.69 Å². The third-order valence-electron chi connectivity index (χ3n) is 3.38. The second kappa shape index (κ2) is 8.68. The van der Waals surface area contributed by atoms with E-state index in [1.54, 1.807) is 0 Å². The lowest BCUT2D eigenvalue weighted by atomic mass is 10.2. The Morgan fingerprint density at radius 1 is 1.28 bits per heavy atom. The molecular weight excluding hydrogens is 343 g/mol. The second-order valence-corrected chi connectivity index (χ2v) is 6.74. The van der Waals surface area contributed by atoms with E-state index in [0.717, 1.165) is 5.69 Å². The Kier molecular flexibility index (Phi) is 6.60. The van der Waals surface area contributed by atoms with Gasteiger partial charge in [-0.1, -0.05) is 6.07 Å². The van der Waals surface area contributed by atoms with Crippen LogP contribution in [0, 0.1) is 12.7 Å². The smallest absolute Gasteiger partial charge is 0.254 e. The SMILES string of the molecule is Cc1csc(NC(=O)CN(CCN(C)C)C(=O)c2cccc(F)c2)n1. The highest BCUT2D eigenvalue weighted by molar-refractivity contribution is 7.13. The summed E-state index contributed by atoms with van der Waals surface area (Å²) in [5.74, 6) is -1.20. The van der Waals surface area contributed by atoms with Gasteiger partial charge in [-0.05, 0) is 39.2 Å². The number of carbonyl (C=O) groups is 2. The number of thiazole rings is 1. The molecule has 0 aliphatic heterocycles. The lowest BCUT2D eigenvalue weighted by Gasteiger charge is -2.24. The second-order valence-electron chi connectivity index (χ2n) is 5.88. The molecule has 6 nitrogen and oxygen atoms in total. The quantitative estimate of drug-likeness (QED) is 0.818. The van der Waals surface area contributed by atoms with Crippen LogP contribution in [-0.2, 0) is 4.79 Å². The number of hydrogen-bond acceptors (Lipinski definition) is 5. The highest BCUT2D eigenvalue weighted by atomic mass is 32.1. The van der Waals surface area contributed by atoms with Crippen LogP contribution in [0.4, 0.5) is 9.52 Å². The minimum atomic E-state index is -0.485. The maximum absolute atomic E-state index is 13.4. The average Bonchev–Trinajstić information content (AvgIpc) is 2.95. The van der Waals surface area contributed by atoms with Gasteiger partial charge < -0.3 is 15.1 Å². The van der Waals surface area contributed by atoms with Gasteiger partial charge in [-0.15, -0.1) is 11.3 Å². The summed E-state index contributed by atoms with van der Waals surface area (Å²) in [5, 5.41) is 5.01. The molecule has 0 unspecified atom stereocenters. The molecule has 134 valence electrons. The molecule has 0 aliphatic carbocycles. The van der Waals surface area contributed by atoms with Crippen molar-refractivity contribution in [1.82, 2.24) is 14.8 Å².